The molecule has 12 nitrogen and oxygen atoms in total. The summed E-state index contributed by atoms with van der Waals surface area (Å²) in [6.45, 7) is 2.51. The van der Waals surface area contributed by atoms with Crippen molar-refractivity contribution in [1.29, 1.82) is 5.26 Å². The Hall–Kier alpha value is -4.05. The number of rotatable bonds is 9. The first kappa shape index (κ1) is 23.2. The van der Waals surface area contributed by atoms with Gasteiger partial charge < -0.3 is 9.64 Å². The molecule has 0 amide bonds. The van der Waals surface area contributed by atoms with Gasteiger partial charge in [-0.2, -0.15) is 10.4 Å². The summed E-state index contributed by atoms with van der Waals surface area (Å²) in [7, 11) is 1.30. The Bertz CT molecular complexity index is 1070. The number of nitriles is 1. The van der Waals surface area contributed by atoms with Gasteiger partial charge in [0, 0.05) is 12.2 Å². The largest absolute Gasteiger partial charge is 0.468 e. The van der Waals surface area contributed by atoms with Gasteiger partial charge in [0.2, 0.25) is 0 Å². The second-order valence-electron chi connectivity index (χ2n) is 5.82. The fraction of sp³-hybridized carbons (Fsp3) is 0.222. The summed E-state index contributed by atoms with van der Waals surface area (Å²) < 4.78 is 4.66. The molecule has 0 saturated carbocycles. The minimum Gasteiger partial charge on any atom is -0.468 e. The average Bonchev–Trinajstić information content (AvgIpc) is 2.76. The lowest BCUT2D eigenvalue weighted by Gasteiger charge is -2.21. The molecule has 0 bridgehead atoms. The average molecular weight is 444 g/mol. The molecule has 13 heteroatoms. The number of benzene rings is 2. The van der Waals surface area contributed by atoms with Crippen LogP contribution < -0.4 is 4.90 Å². The van der Waals surface area contributed by atoms with E-state index in [1.54, 1.807) is 34.6 Å². The number of thioether (sulfide) groups is 1. The lowest BCUT2D eigenvalue weighted by atomic mass is 10.2. The number of anilines is 1. The third-order valence-electron chi connectivity index (χ3n) is 4.02. The van der Waals surface area contributed by atoms with E-state index in [2.05, 4.69) is 15.0 Å². The second kappa shape index (κ2) is 10.6. The summed E-state index contributed by atoms with van der Waals surface area (Å²) >= 11 is 0.497. The number of nitro groups is 2. The topological polar surface area (TPSA) is 164 Å². The van der Waals surface area contributed by atoms with Gasteiger partial charge in [-0.3, -0.25) is 25.0 Å². The van der Waals surface area contributed by atoms with Crippen LogP contribution in [0.2, 0.25) is 0 Å². The molecule has 160 valence electrons. The van der Waals surface area contributed by atoms with Gasteiger partial charge in [-0.15, -0.1) is 5.11 Å². The molecular weight excluding hydrogens is 428 g/mol. The lowest BCUT2D eigenvalue weighted by molar-refractivity contribution is -0.395. The molecule has 0 aliphatic carbocycles. The van der Waals surface area contributed by atoms with E-state index in [1.165, 1.54) is 7.11 Å². The highest BCUT2D eigenvalue weighted by atomic mass is 32.2. The first-order chi connectivity index (χ1) is 14.8. The van der Waals surface area contributed by atoms with Crippen molar-refractivity contribution < 1.29 is 19.4 Å². The normalized spacial score (nSPS) is 10.5. The standard InChI is InChI=1S/C18H16N6O6S/c1-3-22(10-18(25)30-2)13-6-4-12(5-7-13)20-21-14-8-17(31-11-19)16(24(28)29)9-15(14)23(26)27/h4-9H,3,10H2,1-2H3. The number of hydrogen-bond acceptors (Lipinski definition) is 11. The third kappa shape index (κ3) is 5.97. The first-order valence-corrected chi connectivity index (χ1v) is 9.48. The fourth-order valence-electron chi connectivity index (χ4n) is 2.49. The zero-order valence-corrected chi connectivity index (χ0v) is 17.2. The molecular formula is C18H16N6O6S. The van der Waals surface area contributed by atoms with Crippen molar-refractivity contribution in [2.75, 3.05) is 25.1 Å². The van der Waals surface area contributed by atoms with Gasteiger partial charge in [0.05, 0.1) is 28.7 Å². The smallest absolute Gasteiger partial charge is 0.325 e. The fourth-order valence-corrected chi connectivity index (χ4v) is 3.00. The van der Waals surface area contributed by atoms with E-state index in [-0.39, 0.29) is 23.1 Å². The van der Waals surface area contributed by atoms with E-state index in [1.807, 2.05) is 6.92 Å². The molecule has 0 radical (unpaired) electrons. The summed E-state index contributed by atoms with van der Waals surface area (Å²) in [6, 6.07) is 8.42. The Balaban J connectivity index is 2.35. The number of carbonyl (C=O) groups is 1. The van der Waals surface area contributed by atoms with Crippen LogP contribution in [0.3, 0.4) is 0 Å². The lowest BCUT2D eigenvalue weighted by Crippen LogP contribution is -2.30. The summed E-state index contributed by atoms with van der Waals surface area (Å²) in [4.78, 5) is 34.0. The maximum absolute atomic E-state index is 11.5. The van der Waals surface area contributed by atoms with E-state index in [0.717, 1.165) is 17.8 Å². The minimum absolute atomic E-state index is 0.0716. The van der Waals surface area contributed by atoms with Gasteiger partial charge in [-0.25, -0.2) is 0 Å². The molecule has 0 aromatic heterocycles. The van der Waals surface area contributed by atoms with Crippen LogP contribution in [-0.2, 0) is 9.53 Å². The zero-order valence-electron chi connectivity index (χ0n) is 16.4. The van der Waals surface area contributed by atoms with Crippen molar-refractivity contribution >= 4 is 46.2 Å². The zero-order chi connectivity index (χ0) is 23.0. The Morgan fingerprint density at radius 3 is 2.32 bits per heavy atom. The maximum Gasteiger partial charge on any atom is 0.325 e. The van der Waals surface area contributed by atoms with Crippen LogP contribution in [0.15, 0.2) is 51.5 Å². The number of nitrogens with zero attached hydrogens (tertiary/aromatic N) is 6. The van der Waals surface area contributed by atoms with E-state index < -0.39 is 21.2 Å². The Kier molecular flexibility index (Phi) is 7.98. The van der Waals surface area contributed by atoms with Gasteiger partial charge in [0.25, 0.3) is 5.69 Å². The van der Waals surface area contributed by atoms with Crippen molar-refractivity contribution in [3.8, 4) is 5.40 Å². The second-order valence-corrected chi connectivity index (χ2v) is 6.65. The summed E-state index contributed by atoms with van der Waals surface area (Å²) in [5.41, 5.74) is -0.296. The highest BCUT2D eigenvalue weighted by Gasteiger charge is 2.25. The number of hydrogen-bond donors (Lipinski definition) is 0. The van der Waals surface area contributed by atoms with Crippen LogP contribution in [0.4, 0.5) is 28.4 Å². The van der Waals surface area contributed by atoms with Gasteiger partial charge in [0.1, 0.15) is 16.8 Å². The highest BCUT2D eigenvalue weighted by molar-refractivity contribution is 8.03. The molecule has 0 heterocycles. The molecule has 0 unspecified atom stereocenters. The predicted octanol–water partition coefficient (Wildman–Crippen LogP) is 4.49. The van der Waals surface area contributed by atoms with E-state index in [9.17, 15) is 25.0 Å². The quantitative estimate of drug-likeness (QED) is 0.135. The molecule has 2 aromatic carbocycles. The van der Waals surface area contributed by atoms with Crippen LogP contribution >= 0.6 is 11.8 Å². The molecule has 0 spiro atoms. The van der Waals surface area contributed by atoms with E-state index in [0.29, 0.717) is 24.0 Å². The molecule has 0 fully saturated rings. The molecule has 0 N–H and O–H groups in total. The first-order valence-electron chi connectivity index (χ1n) is 8.67. The highest BCUT2D eigenvalue weighted by Crippen LogP contribution is 2.39. The maximum atomic E-state index is 11.5. The number of likely N-dealkylation sites (N-methyl/N-ethyl adjacent to an activating group) is 1. The number of carbonyl (C=O) groups excluding carboxylic acids is 1. The van der Waals surface area contributed by atoms with Crippen molar-refractivity contribution in [1.82, 2.24) is 0 Å². The number of thiocyanates is 1. The molecule has 0 aliphatic heterocycles. The number of esters is 1. The Labute approximate surface area is 180 Å². The van der Waals surface area contributed by atoms with Crippen molar-refractivity contribution in [3.63, 3.8) is 0 Å². The van der Waals surface area contributed by atoms with Gasteiger partial charge in [0.15, 0.2) is 5.69 Å². The van der Waals surface area contributed by atoms with Crippen LogP contribution in [-0.4, -0.2) is 36.0 Å². The molecule has 0 atom stereocenters. The summed E-state index contributed by atoms with van der Waals surface area (Å²) in [5, 5.41) is 40.8. The predicted molar refractivity (Wildman–Crippen MR) is 112 cm³/mol. The third-order valence-corrected chi connectivity index (χ3v) is 4.66. The van der Waals surface area contributed by atoms with Crippen LogP contribution in [0.1, 0.15) is 6.92 Å². The van der Waals surface area contributed by atoms with E-state index in [4.69, 9.17) is 5.26 Å². The molecule has 2 aromatic rings. The molecule has 31 heavy (non-hydrogen) atoms. The summed E-state index contributed by atoms with van der Waals surface area (Å²) in [5.74, 6) is -0.387. The number of nitro benzene ring substituents is 2. The number of methoxy groups -OCH3 is 1. The number of ether oxygens (including phenoxy) is 1. The molecule has 0 aliphatic rings. The van der Waals surface area contributed by atoms with Gasteiger partial charge >= 0.3 is 11.7 Å². The van der Waals surface area contributed by atoms with Crippen LogP contribution in [0.5, 0.6) is 0 Å². The monoisotopic (exact) mass is 444 g/mol. The van der Waals surface area contributed by atoms with E-state index >= 15 is 0 Å². The van der Waals surface area contributed by atoms with Crippen molar-refractivity contribution in [2.24, 2.45) is 10.2 Å². The van der Waals surface area contributed by atoms with Crippen molar-refractivity contribution in [2.45, 2.75) is 11.8 Å². The Morgan fingerprint density at radius 1 is 1.16 bits per heavy atom. The van der Waals surface area contributed by atoms with Crippen LogP contribution in [0, 0.1) is 30.9 Å². The molecule has 2 rings (SSSR count). The minimum atomic E-state index is -0.808. The van der Waals surface area contributed by atoms with Gasteiger partial charge in [-0.1, -0.05) is 0 Å². The summed E-state index contributed by atoms with van der Waals surface area (Å²) in [6.07, 6.45) is 0. The van der Waals surface area contributed by atoms with Crippen molar-refractivity contribution in [3.05, 3.63) is 56.6 Å². The number of azo groups is 1. The van der Waals surface area contributed by atoms with Crippen LogP contribution in [0.25, 0.3) is 0 Å². The van der Waals surface area contributed by atoms with Gasteiger partial charge in [-0.05, 0) is 49.0 Å². The Morgan fingerprint density at radius 2 is 1.81 bits per heavy atom. The molecule has 0 saturated heterocycles. The SMILES string of the molecule is CCN(CC(=O)OC)c1ccc(N=Nc2cc(SC#N)c([N+](=O)[O-])cc2[N+](=O)[O-])cc1.